The van der Waals surface area contributed by atoms with Gasteiger partial charge in [0.25, 0.3) is 5.56 Å². The fourth-order valence-electron chi connectivity index (χ4n) is 4.70. The summed E-state index contributed by atoms with van der Waals surface area (Å²) in [5.41, 5.74) is 2.99. The molecule has 5 rings (SSSR count). The van der Waals surface area contributed by atoms with Crippen molar-refractivity contribution in [1.29, 1.82) is 0 Å². The van der Waals surface area contributed by atoms with E-state index in [2.05, 4.69) is 4.99 Å². The first kappa shape index (κ1) is 30.6. The van der Waals surface area contributed by atoms with Crippen molar-refractivity contribution in [2.24, 2.45) is 4.99 Å². The molecule has 0 amide bonds. The van der Waals surface area contributed by atoms with Crippen LogP contribution in [0.2, 0.25) is 10.0 Å². The Kier molecular flexibility index (Phi) is 9.40. The van der Waals surface area contributed by atoms with Gasteiger partial charge in [-0.25, -0.2) is 9.79 Å². The number of benzene rings is 3. The second-order valence-electron chi connectivity index (χ2n) is 10.1. The fourth-order valence-corrected chi connectivity index (χ4v) is 6.21. The summed E-state index contributed by atoms with van der Waals surface area (Å²) < 4.78 is 19.1. The number of aromatic nitrogens is 1. The minimum Gasteiger partial charge on any atom is -0.494 e. The Hall–Kier alpha value is -3.85. The first-order valence-electron chi connectivity index (χ1n) is 13.8. The molecule has 222 valence electrons. The number of thiazole rings is 1. The molecule has 1 atom stereocenters. The monoisotopic (exact) mass is 636 g/mol. The Morgan fingerprint density at radius 2 is 1.70 bits per heavy atom. The molecule has 7 nitrogen and oxygen atoms in total. The average Bonchev–Trinajstić information content (AvgIpc) is 3.26. The second kappa shape index (κ2) is 13.2. The molecule has 0 spiro atoms. The third kappa shape index (κ3) is 6.88. The summed E-state index contributed by atoms with van der Waals surface area (Å²) in [5.74, 6) is 0.860. The van der Waals surface area contributed by atoms with Crippen LogP contribution in [0.25, 0.3) is 6.08 Å². The Bertz CT molecular complexity index is 1860. The van der Waals surface area contributed by atoms with Crippen LogP contribution in [0.15, 0.2) is 87.8 Å². The molecule has 0 radical (unpaired) electrons. The van der Waals surface area contributed by atoms with Crippen LogP contribution < -0.4 is 24.4 Å². The van der Waals surface area contributed by atoms with Gasteiger partial charge in [-0.2, -0.15) is 0 Å². The molecule has 0 fully saturated rings. The molecular weight excluding hydrogens is 607 g/mol. The molecule has 0 saturated carbocycles. The van der Waals surface area contributed by atoms with E-state index in [4.69, 9.17) is 37.4 Å². The largest absolute Gasteiger partial charge is 0.494 e. The van der Waals surface area contributed by atoms with E-state index in [1.54, 1.807) is 37.5 Å². The summed E-state index contributed by atoms with van der Waals surface area (Å²) in [6.45, 7) is 8.09. The summed E-state index contributed by atoms with van der Waals surface area (Å²) in [7, 11) is 0. The maximum atomic E-state index is 13.9. The van der Waals surface area contributed by atoms with Crippen molar-refractivity contribution in [3.63, 3.8) is 0 Å². The van der Waals surface area contributed by atoms with Crippen molar-refractivity contribution in [3.05, 3.63) is 124 Å². The quantitative estimate of drug-likeness (QED) is 0.197. The minimum atomic E-state index is -0.698. The van der Waals surface area contributed by atoms with Crippen LogP contribution >= 0.6 is 34.5 Å². The lowest BCUT2D eigenvalue weighted by Gasteiger charge is -2.25. The number of carbonyl (C=O) groups excluding carboxylic acids is 1. The third-order valence-electron chi connectivity index (χ3n) is 6.68. The van der Waals surface area contributed by atoms with Gasteiger partial charge in [0.05, 0.1) is 34.6 Å². The highest BCUT2D eigenvalue weighted by Gasteiger charge is 2.33. The van der Waals surface area contributed by atoms with Gasteiger partial charge in [-0.3, -0.25) is 9.36 Å². The van der Waals surface area contributed by atoms with Gasteiger partial charge in [0.1, 0.15) is 18.1 Å². The Labute approximate surface area is 263 Å². The van der Waals surface area contributed by atoms with Gasteiger partial charge in [-0.05, 0) is 81.3 Å². The molecule has 3 aromatic carbocycles. The zero-order chi connectivity index (χ0) is 30.7. The molecule has 0 N–H and O–H groups in total. The Morgan fingerprint density at radius 1 is 1.02 bits per heavy atom. The summed E-state index contributed by atoms with van der Waals surface area (Å²) in [6, 6.07) is 19.4. The van der Waals surface area contributed by atoms with Crippen molar-refractivity contribution >= 4 is 46.6 Å². The van der Waals surface area contributed by atoms with Gasteiger partial charge in [0.15, 0.2) is 4.80 Å². The van der Waals surface area contributed by atoms with E-state index in [1.165, 1.54) is 11.3 Å². The number of allylic oxidation sites excluding steroid dienone is 1. The van der Waals surface area contributed by atoms with E-state index < -0.39 is 12.0 Å². The molecule has 0 bridgehead atoms. The number of hydrogen-bond acceptors (Lipinski definition) is 7. The van der Waals surface area contributed by atoms with Crippen LogP contribution in [0.1, 0.15) is 50.4 Å². The number of ether oxygens (including phenoxy) is 3. The highest BCUT2D eigenvalue weighted by atomic mass is 35.5. The lowest BCUT2D eigenvalue weighted by atomic mass is 9.96. The molecule has 1 aromatic heterocycles. The second-order valence-corrected chi connectivity index (χ2v) is 12.0. The van der Waals surface area contributed by atoms with E-state index >= 15 is 0 Å². The van der Waals surface area contributed by atoms with E-state index in [-0.39, 0.29) is 11.7 Å². The first-order chi connectivity index (χ1) is 20.6. The van der Waals surface area contributed by atoms with Crippen molar-refractivity contribution < 1.29 is 19.0 Å². The van der Waals surface area contributed by atoms with Gasteiger partial charge >= 0.3 is 5.97 Å². The number of nitrogens with zero attached hydrogens (tertiary/aromatic N) is 2. The zero-order valence-electron chi connectivity index (χ0n) is 24.1. The number of esters is 1. The van der Waals surface area contributed by atoms with Crippen molar-refractivity contribution in [3.8, 4) is 11.5 Å². The highest BCUT2D eigenvalue weighted by molar-refractivity contribution is 7.07. The molecule has 2 heterocycles. The summed E-state index contributed by atoms with van der Waals surface area (Å²) in [4.78, 5) is 32.3. The normalized spacial score (nSPS) is 14.9. The maximum absolute atomic E-state index is 13.9. The lowest BCUT2D eigenvalue weighted by Crippen LogP contribution is -2.40. The van der Waals surface area contributed by atoms with Crippen LogP contribution in [-0.4, -0.2) is 23.2 Å². The topological polar surface area (TPSA) is 79.1 Å². The highest BCUT2D eigenvalue weighted by Crippen LogP contribution is 2.32. The number of rotatable bonds is 9. The minimum absolute atomic E-state index is 0.248. The number of fused-ring (bicyclic) bond motifs is 1. The SMILES string of the molecule is CCOc1ccc([C@H]2C(C(=O)OC(C)C)=C(C)N=c3s/c(=C/c4ccc(OCc5ccc(Cl)cc5Cl)cc4)c(=O)n32)cc1. The van der Waals surface area contributed by atoms with E-state index in [9.17, 15) is 9.59 Å². The summed E-state index contributed by atoms with van der Waals surface area (Å²) >= 11 is 13.5. The molecule has 43 heavy (non-hydrogen) atoms. The molecule has 0 saturated heterocycles. The Morgan fingerprint density at radius 3 is 2.35 bits per heavy atom. The summed E-state index contributed by atoms with van der Waals surface area (Å²) in [6.07, 6.45) is 1.48. The lowest BCUT2D eigenvalue weighted by molar-refractivity contribution is -0.143. The van der Waals surface area contributed by atoms with E-state index in [0.29, 0.717) is 55.4 Å². The van der Waals surface area contributed by atoms with Crippen LogP contribution in [0.3, 0.4) is 0 Å². The third-order valence-corrected chi connectivity index (χ3v) is 8.25. The van der Waals surface area contributed by atoms with Crippen LogP contribution in [0, 0.1) is 0 Å². The first-order valence-corrected chi connectivity index (χ1v) is 15.3. The average molecular weight is 638 g/mol. The van der Waals surface area contributed by atoms with E-state index in [1.807, 2.05) is 67.6 Å². The molecule has 10 heteroatoms. The van der Waals surface area contributed by atoms with Gasteiger partial charge in [0, 0.05) is 15.6 Å². The molecule has 1 aliphatic heterocycles. The van der Waals surface area contributed by atoms with E-state index in [0.717, 1.165) is 16.7 Å². The molecule has 4 aromatic rings. The zero-order valence-corrected chi connectivity index (χ0v) is 26.4. The standard InChI is InChI=1S/C33H30Cl2N2O5S/c1-5-40-25-14-9-22(10-15-25)30-29(32(39)42-19(2)3)20(4)36-33-37(30)31(38)28(43-33)16-21-6-12-26(13-7-21)41-18-23-8-11-24(34)17-27(23)35/h6-17,19,30H,5,18H2,1-4H3/b28-16+/t30-/m0/s1. The van der Waals surface area contributed by atoms with Crippen molar-refractivity contribution in [2.75, 3.05) is 6.61 Å². The van der Waals surface area contributed by atoms with Gasteiger partial charge < -0.3 is 14.2 Å². The number of carbonyl (C=O) groups is 1. The van der Waals surface area contributed by atoms with Gasteiger partial charge in [-0.15, -0.1) is 0 Å². The fraction of sp³-hybridized carbons (Fsp3) is 0.242. The summed E-state index contributed by atoms with van der Waals surface area (Å²) in [5, 5.41) is 1.11. The predicted molar refractivity (Wildman–Crippen MR) is 170 cm³/mol. The number of hydrogen-bond donors (Lipinski definition) is 0. The molecule has 0 aliphatic carbocycles. The van der Waals surface area contributed by atoms with Crippen LogP contribution in [0.5, 0.6) is 11.5 Å². The maximum Gasteiger partial charge on any atom is 0.338 e. The smallest absolute Gasteiger partial charge is 0.338 e. The van der Waals surface area contributed by atoms with Crippen LogP contribution in [0.4, 0.5) is 0 Å². The molecular formula is C33H30Cl2N2O5S. The number of halogens is 2. The molecule has 1 aliphatic rings. The van der Waals surface area contributed by atoms with Crippen molar-refractivity contribution in [1.82, 2.24) is 4.57 Å². The van der Waals surface area contributed by atoms with Crippen LogP contribution in [-0.2, 0) is 16.1 Å². The van der Waals surface area contributed by atoms with Crippen molar-refractivity contribution in [2.45, 2.75) is 46.4 Å². The van der Waals surface area contributed by atoms with Gasteiger partial charge in [-0.1, -0.05) is 64.9 Å². The predicted octanol–water partition coefficient (Wildman–Crippen LogP) is 6.47. The Balaban J connectivity index is 1.48. The molecule has 0 unspecified atom stereocenters. The van der Waals surface area contributed by atoms with Gasteiger partial charge in [0.2, 0.25) is 0 Å².